The Labute approximate surface area is 128 Å². The van der Waals surface area contributed by atoms with Crippen molar-refractivity contribution in [2.45, 2.75) is 26.3 Å². The lowest BCUT2D eigenvalue weighted by Crippen LogP contribution is -2.38. The second-order valence-corrected chi connectivity index (χ2v) is 5.41. The number of hydrogen-bond donors (Lipinski definition) is 0. The molecule has 1 aliphatic rings. The van der Waals surface area contributed by atoms with Gasteiger partial charge in [-0.05, 0) is 38.0 Å². The molecule has 2 aromatic rings. The van der Waals surface area contributed by atoms with Crippen molar-refractivity contribution in [3.63, 3.8) is 0 Å². The number of carbonyl (C=O) groups excluding carboxylic acids is 2. The van der Waals surface area contributed by atoms with Gasteiger partial charge in [-0.25, -0.2) is 4.79 Å². The summed E-state index contributed by atoms with van der Waals surface area (Å²) in [6.07, 6.45) is 2.24. The molecule has 1 aliphatic heterocycles. The zero-order chi connectivity index (χ0) is 15.7. The first-order valence-electron chi connectivity index (χ1n) is 7.19. The fraction of sp³-hybridized carbons (Fsp3) is 0.294. The predicted molar refractivity (Wildman–Crippen MR) is 80.8 cm³/mol. The van der Waals surface area contributed by atoms with Gasteiger partial charge >= 0.3 is 5.97 Å². The first-order valence-corrected chi connectivity index (χ1v) is 7.19. The van der Waals surface area contributed by atoms with E-state index in [1.807, 2.05) is 31.2 Å². The van der Waals surface area contributed by atoms with E-state index in [1.54, 1.807) is 11.8 Å². The molecule has 0 aliphatic carbocycles. The normalized spacial score (nSPS) is 16.5. The summed E-state index contributed by atoms with van der Waals surface area (Å²) in [6.45, 7) is 3.39. The molecular weight excluding hydrogens is 282 g/mol. The van der Waals surface area contributed by atoms with Gasteiger partial charge in [-0.3, -0.25) is 4.79 Å². The minimum absolute atomic E-state index is 0.0688. The molecule has 1 amide bonds. The average Bonchev–Trinajstić information content (AvgIpc) is 3.06. The topological polar surface area (TPSA) is 59.8 Å². The molecule has 1 aromatic carbocycles. The molecule has 0 saturated heterocycles. The monoisotopic (exact) mass is 299 g/mol. The Morgan fingerprint density at radius 3 is 2.82 bits per heavy atom. The second kappa shape index (κ2) is 5.67. The number of carbonyl (C=O) groups is 2. The van der Waals surface area contributed by atoms with Gasteiger partial charge in [0.05, 0.1) is 6.26 Å². The first kappa shape index (κ1) is 14.4. The molecule has 3 rings (SSSR count). The third-order valence-electron chi connectivity index (χ3n) is 3.88. The highest BCUT2D eigenvalue weighted by atomic mass is 16.5. The van der Waals surface area contributed by atoms with Crippen LogP contribution in [0.5, 0.6) is 0 Å². The number of furan rings is 1. The molecule has 0 bridgehead atoms. The van der Waals surface area contributed by atoms with Gasteiger partial charge in [0.25, 0.3) is 5.91 Å². The van der Waals surface area contributed by atoms with Gasteiger partial charge in [-0.2, -0.15) is 0 Å². The molecule has 114 valence electrons. The number of para-hydroxylation sites is 1. The van der Waals surface area contributed by atoms with E-state index in [2.05, 4.69) is 0 Å². The Morgan fingerprint density at radius 1 is 1.32 bits per heavy atom. The maximum atomic E-state index is 12.4. The molecule has 0 saturated carbocycles. The number of esters is 1. The van der Waals surface area contributed by atoms with Crippen LogP contribution < -0.4 is 4.90 Å². The number of ether oxygens (including phenoxy) is 1. The van der Waals surface area contributed by atoms with Gasteiger partial charge in [0, 0.05) is 11.7 Å². The second-order valence-electron chi connectivity index (χ2n) is 5.41. The summed E-state index contributed by atoms with van der Waals surface area (Å²) in [5.74, 6) is -0.274. The molecule has 1 atom stereocenters. The van der Waals surface area contributed by atoms with Crippen molar-refractivity contribution in [2.75, 3.05) is 11.5 Å². The highest BCUT2D eigenvalue weighted by Crippen LogP contribution is 2.31. The van der Waals surface area contributed by atoms with Crippen LogP contribution in [0.4, 0.5) is 5.69 Å². The van der Waals surface area contributed by atoms with Gasteiger partial charge in [0.1, 0.15) is 11.3 Å². The maximum absolute atomic E-state index is 12.4. The van der Waals surface area contributed by atoms with E-state index in [0.717, 1.165) is 17.7 Å². The average molecular weight is 299 g/mol. The molecule has 0 unspecified atom stereocenters. The van der Waals surface area contributed by atoms with E-state index in [9.17, 15) is 9.59 Å². The van der Waals surface area contributed by atoms with Gasteiger partial charge in [-0.15, -0.1) is 0 Å². The maximum Gasteiger partial charge on any atom is 0.342 e. The van der Waals surface area contributed by atoms with Crippen LogP contribution in [0.1, 0.15) is 28.6 Å². The Balaban J connectivity index is 1.68. The van der Waals surface area contributed by atoms with E-state index in [4.69, 9.17) is 9.15 Å². The van der Waals surface area contributed by atoms with Crippen LogP contribution in [0.25, 0.3) is 0 Å². The van der Waals surface area contributed by atoms with E-state index >= 15 is 0 Å². The molecule has 0 fully saturated rings. The lowest BCUT2D eigenvalue weighted by atomic mass is 10.1. The highest BCUT2D eigenvalue weighted by molar-refractivity contribution is 5.99. The van der Waals surface area contributed by atoms with Gasteiger partial charge < -0.3 is 14.1 Å². The van der Waals surface area contributed by atoms with Crippen molar-refractivity contribution < 1.29 is 18.7 Å². The SMILES string of the molecule is Cc1occc1C(=O)OCC(=O)N1c2ccccc2C[C@@H]1C. The molecule has 22 heavy (non-hydrogen) atoms. The van der Waals surface area contributed by atoms with Crippen LogP contribution in [0.15, 0.2) is 41.0 Å². The largest absolute Gasteiger partial charge is 0.469 e. The van der Waals surface area contributed by atoms with Crippen molar-refractivity contribution in [3.8, 4) is 0 Å². The fourth-order valence-corrected chi connectivity index (χ4v) is 2.82. The fourth-order valence-electron chi connectivity index (χ4n) is 2.82. The third-order valence-corrected chi connectivity index (χ3v) is 3.88. The smallest absolute Gasteiger partial charge is 0.342 e. The van der Waals surface area contributed by atoms with Crippen molar-refractivity contribution in [1.29, 1.82) is 0 Å². The Hall–Kier alpha value is -2.56. The minimum Gasteiger partial charge on any atom is -0.469 e. The predicted octanol–water partition coefficient (Wildman–Crippen LogP) is 2.72. The number of aryl methyl sites for hydroxylation is 1. The van der Waals surface area contributed by atoms with E-state index in [-0.39, 0.29) is 18.6 Å². The molecule has 1 aromatic heterocycles. The van der Waals surface area contributed by atoms with Crippen LogP contribution in [-0.2, 0) is 16.0 Å². The van der Waals surface area contributed by atoms with Crippen LogP contribution in [0.3, 0.4) is 0 Å². The number of fused-ring (bicyclic) bond motifs is 1. The Bertz CT molecular complexity index is 719. The summed E-state index contributed by atoms with van der Waals surface area (Å²) in [6, 6.07) is 9.40. The molecule has 0 spiro atoms. The molecular formula is C17H17NO4. The van der Waals surface area contributed by atoms with Crippen molar-refractivity contribution in [2.24, 2.45) is 0 Å². The van der Waals surface area contributed by atoms with Gasteiger partial charge in [-0.1, -0.05) is 18.2 Å². The molecule has 0 N–H and O–H groups in total. The third kappa shape index (κ3) is 2.50. The van der Waals surface area contributed by atoms with Gasteiger partial charge in [0.15, 0.2) is 6.61 Å². The minimum atomic E-state index is -0.542. The van der Waals surface area contributed by atoms with Crippen LogP contribution >= 0.6 is 0 Å². The summed E-state index contributed by atoms with van der Waals surface area (Å²) in [5.41, 5.74) is 2.39. The number of hydrogen-bond acceptors (Lipinski definition) is 4. The number of nitrogens with zero attached hydrogens (tertiary/aromatic N) is 1. The lowest BCUT2D eigenvalue weighted by Gasteiger charge is -2.22. The summed E-state index contributed by atoms with van der Waals surface area (Å²) < 4.78 is 10.2. The number of rotatable bonds is 3. The summed E-state index contributed by atoms with van der Waals surface area (Å²) in [5, 5.41) is 0. The molecule has 2 heterocycles. The van der Waals surface area contributed by atoms with Crippen LogP contribution in [-0.4, -0.2) is 24.5 Å². The lowest BCUT2D eigenvalue weighted by molar-refractivity contribution is -0.122. The molecule has 0 radical (unpaired) electrons. The van der Waals surface area contributed by atoms with Crippen molar-refractivity contribution in [1.82, 2.24) is 0 Å². The van der Waals surface area contributed by atoms with Gasteiger partial charge in [0.2, 0.25) is 0 Å². The number of benzene rings is 1. The van der Waals surface area contributed by atoms with Crippen LogP contribution in [0, 0.1) is 6.92 Å². The summed E-state index contributed by atoms with van der Waals surface area (Å²) in [4.78, 5) is 26.0. The molecule has 5 nitrogen and oxygen atoms in total. The zero-order valence-electron chi connectivity index (χ0n) is 12.5. The highest BCUT2D eigenvalue weighted by Gasteiger charge is 2.31. The van der Waals surface area contributed by atoms with Crippen molar-refractivity contribution >= 4 is 17.6 Å². The molecule has 5 heteroatoms. The Kier molecular flexibility index (Phi) is 3.71. The number of anilines is 1. The van der Waals surface area contributed by atoms with E-state index in [1.165, 1.54) is 12.3 Å². The zero-order valence-corrected chi connectivity index (χ0v) is 12.5. The van der Waals surface area contributed by atoms with E-state index < -0.39 is 5.97 Å². The Morgan fingerprint density at radius 2 is 2.09 bits per heavy atom. The summed E-state index contributed by atoms with van der Waals surface area (Å²) in [7, 11) is 0. The van der Waals surface area contributed by atoms with Crippen LogP contribution in [0.2, 0.25) is 0 Å². The standard InChI is InChI=1S/C17H17NO4/c1-11-9-13-5-3-4-6-15(13)18(11)16(19)10-22-17(20)14-7-8-21-12(14)2/h3-8,11H,9-10H2,1-2H3/t11-/m0/s1. The number of amides is 1. The summed E-state index contributed by atoms with van der Waals surface area (Å²) >= 11 is 0. The van der Waals surface area contributed by atoms with E-state index in [0.29, 0.717) is 11.3 Å². The van der Waals surface area contributed by atoms with Crippen molar-refractivity contribution in [3.05, 3.63) is 53.5 Å². The first-order chi connectivity index (χ1) is 10.6. The quantitative estimate of drug-likeness (QED) is 0.818.